The Labute approximate surface area is 118 Å². The van der Waals surface area contributed by atoms with Crippen molar-refractivity contribution in [1.29, 1.82) is 0 Å². The normalized spacial score (nSPS) is 17.4. The highest BCUT2D eigenvalue weighted by molar-refractivity contribution is 5.66. The molecule has 2 N–H and O–H groups in total. The van der Waals surface area contributed by atoms with Gasteiger partial charge in [-0.15, -0.1) is 0 Å². The second kappa shape index (κ2) is 7.37. The number of carbonyl (C=O) groups is 1. The van der Waals surface area contributed by atoms with Crippen molar-refractivity contribution in [3.8, 4) is 0 Å². The molecule has 0 unspecified atom stereocenters. The zero-order valence-corrected chi connectivity index (χ0v) is 11.6. The van der Waals surface area contributed by atoms with Crippen molar-refractivity contribution in [3.63, 3.8) is 0 Å². The summed E-state index contributed by atoms with van der Waals surface area (Å²) < 4.78 is 1.75. The molecule has 1 aromatic rings. The van der Waals surface area contributed by atoms with Crippen LogP contribution in [0.1, 0.15) is 12.0 Å². The van der Waals surface area contributed by atoms with Gasteiger partial charge in [0.15, 0.2) is 0 Å². The molecule has 1 aromatic heterocycles. The first-order valence-corrected chi connectivity index (χ1v) is 6.96. The molecule has 1 aliphatic rings. The summed E-state index contributed by atoms with van der Waals surface area (Å²) in [7, 11) is 0. The van der Waals surface area contributed by atoms with Crippen molar-refractivity contribution in [3.05, 3.63) is 18.0 Å². The summed E-state index contributed by atoms with van der Waals surface area (Å²) in [5.74, 6) is -0.733. The van der Waals surface area contributed by atoms with Gasteiger partial charge in [0.2, 0.25) is 0 Å². The molecule has 1 aliphatic heterocycles. The van der Waals surface area contributed by atoms with E-state index >= 15 is 0 Å². The quantitative estimate of drug-likeness (QED) is 0.699. The molecule has 0 bridgehead atoms. The lowest BCUT2D eigenvalue weighted by Crippen LogP contribution is -2.46. The van der Waals surface area contributed by atoms with E-state index in [0.717, 1.165) is 38.3 Å². The van der Waals surface area contributed by atoms with Gasteiger partial charge in [0.1, 0.15) is 0 Å². The maximum Gasteiger partial charge on any atom is 0.304 e. The Hall–Kier alpha value is -1.44. The van der Waals surface area contributed by atoms with E-state index in [1.165, 1.54) is 0 Å². The number of rotatable bonds is 7. The van der Waals surface area contributed by atoms with E-state index < -0.39 is 5.97 Å². The SMILES string of the molecule is O=C(O)CCN1CCN(Cc2cnn(CCO)c2)CC1. The van der Waals surface area contributed by atoms with Crippen molar-refractivity contribution in [1.82, 2.24) is 19.6 Å². The number of carboxylic acids is 1. The van der Waals surface area contributed by atoms with Crippen LogP contribution in [0.25, 0.3) is 0 Å². The number of aromatic nitrogens is 2. The summed E-state index contributed by atoms with van der Waals surface area (Å²) in [6.45, 7) is 5.86. The minimum absolute atomic E-state index is 0.101. The van der Waals surface area contributed by atoms with Gasteiger partial charge in [-0.25, -0.2) is 0 Å². The Bertz CT molecular complexity index is 427. The summed E-state index contributed by atoms with van der Waals surface area (Å²) in [5, 5.41) is 21.7. The van der Waals surface area contributed by atoms with Crippen LogP contribution < -0.4 is 0 Å². The number of nitrogens with zero attached hydrogens (tertiary/aromatic N) is 4. The molecule has 112 valence electrons. The molecule has 0 aromatic carbocycles. The van der Waals surface area contributed by atoms with Crippen LogP contribution in [0.15, 0.2) is 12.4 Å². The maximum absolute atomic E-state index is 10.5. The summed E-state index contributed by atoms with van der Waals surface area (Å²) in [6, 6.07) is 0. The minimum atomic E-state index is -0.733. The number of aliphatic carboxylic acids is 1. The molecule has 0 amide bonds. The highest BCUT2D eigenvalue weighted by Crippen LogP contribution is 2.08. The number of piperazine rings is 1. The average molecular weight is 282 g/mol. The first-order valence-electron chi connectivity index (χ1n) is 6.96. The van der Waals surface area contributed by atoms with Crippen molar-refractivity contribution in [2.75, 3.05) is 39.3 Å². The average Bonchev–Trinajstić information content (AvgIpc) is 2.86. The van der Waals surface area contributed by atoms with Gasteiger partial charge in [-0.1, -0.05) is 0 Å². The lowest BCUT2D eigenvalue weighted by Gasteiger charge is -2.34. The van der Waals surface area contributed by atoms with E-state index in [4.69, 9.17) is 10.2 Å². The molecule has 0 saturated carbocycles. The smallest absolute Gasteiger partial charge is 0.304 e. The van der Waals surface area contributed by atoms with E-state index in [1.807, 2.05) is 12.4 Å². The minimum Gasteiger partial charge on any atom is -0.481 e. The molecular weight excluding hydrogens is 260 g/mol. The van der Waals surface area contributed by atoms with E-state index in [0.29, 0.717) is 13.1 Å². The van der Waals surface area contributed by atoms with Crippen LogP contribution in [0.2, 0.25) is 0 Å². The number of hydrogen-bond acceptors (Lipinski definition) is 5. The third kappa shape index (κ3) is 4.59. The van der Waals surface area contributed by atoms with Crippen LogP contribution in [0, 0.1) is 0 Å². The van der Waals surface area contributed by atoms with Crippen LogP contribution in [0.5, 0.6) is 0 Å². The molecule has 20 heavy (non-hydrogen) atoms. The molecule has 0 spiro atoms. The molecule has 0 aliphatic carbocycles. The Balaban J connectivity index is 1.72. The standard InChI is InChI=1S/C13H22N4O3/c18-8-7-17-11-12(9-14-17)10-16-5-3-15(4-6-16)2-1-13(19)20/h9,11,18H,1-8,10H2,(H,19,20). The summed E-state index contributed by atoms with van der Waals surface area (Å²) in [4.78, 5) is 15.1. The van der Waals surface area contributed by atoms with Crippen molar-refractivity contribution >= 4 is 5.97 Å². The van der Waals surface area contributed by atoms with Gasteiger partial charge in [0.25, 0.3) is 0 Å². The zero-order chi connectivity index (χ0) is 14.4. The summed E-state index contributed by atoms with van der Waals surface area (Å²) in [5.41, 5.74) is 1.15. The second-order valence-corrected chi connectivity index (χ2v) is 5.10. The molecule has 0 atom stereocenters. The second-order valence-electron chi connectivity index (χ2n) is 5.10. The lowest BCUT2D eigenvalue weighted by atomic mass is 10.2. The van der Waals surface area contributed by atoms with Crippen LogP contribution in [0.4, 0.5) is 0 Å². The fourth-order valence-corrected chi connectivity index (χ4v) is 2.40. The van der Waals surface area contributed by atoms with Crippen LogP contribution in [0.3, 0.4) is 0 Å². The monoisotopic (exact) mass is 282 g/mol. The Morgan fingerprint density at radius 1 is 1.20 bits per heavy atom. The van der Waals surface area contributed by atoms with Crippen molar-refractivity contribution < 1.29 is 15.0 Å². The molecule has 7 heteroatoms. The van der Waals surface area contributed by atoms with Crippen LogP contribution >= 0.6 is 0 Å². The third-order valence-electron chi connectivity index (χ3n) is 3.53. The van der Waals surface area contributed by atoms with Crippen LogP contribution in [-0.2, 0) is 17.9 Å². The fourth-order valence-electron chi connectivity index (χ4n) is 2.40. The van der Waals surface area contributed by atoms with E-state index in [9.17, 15) is 4.79 Å². The number of aliphatic hydroxyl groups is 1. The Morgan fingerprint density at radius 3 is 2.55 bits per heavy atom. The molecule has 0 radical (unpaired) electrons. The predicted molar refractivity (Wildman–Crippen MR) is 73.3 cm³/mol. The van der Waals surface area contributed by atoms with Gasteiger partial charge >= 0.3 is 5.97 Å². The Kier molecular flexibility index (Phi) is 5.51. The number of hydrogen-bond donors (Lipinski definition) is 2. The van der Waals surface area contributed by atoms with E-state index in [2.05, 4.69) is 14.9 Å². The first-order chi connectivity index (χ1) is 9.67. The van der Waals surface area contributed by atoms with Crippen molar-refractivity contribution in [2.24, 2.45) is 0 Å². The molecule has 1 saturated heterocycles. The fraction of sp³-hybridized carbons (Fsp3) is 0.692. The topological polar surface area (TPSA) is 81.8 Å². The predicted octanol–water partition coefficient (Wildman–Crippen LogP) is -0.532. The van der Waals surface area contributed by atoms with Gasteiger partial charge < -0.3 is 15.1 Å². The van der Waals surface area contributed by atoms with E-state index in [1.54, 1.807) is 4.68 Å². The summed E-state index contributed by atoms with van der Waals surface area (Å²) >= 11 is 0. The molecule has 7 nitrogen and oxygen atoms in total. The highest BCUT2D eigenvalue weighted by Gasteiger charge is 2.17. The first kappa shape index (κ1) is 15.0. The third-order valence-corrected chi connectivity index (χ3v) is 3.53. The summed E-state index contributed by atoms with van der Waals surface area (Å²) in [6.07, 6.45) is 4.02. The van der Waals surface area contributed by atoms with Gasteiger partial charge in [0.05, 0.1) is 25.8 Å². The molecule has 2 rings (SSSR count). The highest BCUT2D eigenvalue weighted by atomic mass is 16.4. The Morgan fingerprint density at radius 2 is 1.90 bits per heavy atom. The van der Waals surface area contributed by atoms with Gasteiger partial charge in [-0.05, 0) is 0 Å². The number of carboxylic acid groups (broad SMARTS) is 1. The van der Waals surface area contributed by atoms with Gasteiger partial charge in [-0.3, -0.25) is 14.4 Å². The van der Waals surface area contributed by atoms with Crippen molar-refractivity contribution in [2.45, 2.75) is 19.5 Å². The largest absolute Gasteiger partial charge is 0.481 e. The molecule has 2 heterocycles. The number of aliphatic hydroxyl groups excluding tert-OH is 1. The molecular formula is C13H22N4O3. The van der Waals surface area contributed by atoms with Gasteiger partial charge in [0, 0.05) is 51.0 Å². The molecule has 1 fully saturated rings. The lowest BCUT2D eigenvalue weighted by molar-refractivity contribution is -0.137. The van der Waals surface area contributed by atoms with E-state index in [-0.39, 0.29) is 13.0 Å². The van der Waals surface area contributed by atoms with Gasteiger partial charge in [-0.2, -0.15) is 5.10 Å². The van der Waals surface area contributed by atoms with Crippen LogP contribution in [-0.4, -0.2) is 75.1 Å². The zero-order valence-electron chi connectivity index (χ0n) is 11.6. The maximum atomic E-state index is 10.5.